The molecule has 0 radical (unpaired) electrons. The molecule has 0 aliphatic carbocycles. The first-order chi connectivity index (χ1) is 7.18. The second kappa shape index (κ2) is 5.59. The van der Waals surface area contributed by atoms with Crippen molar-refractivity contribution in [3.63, 3.8) is 0 Å². The van der Waals surface area contributed by atoms with Crippen LogP contribution < -0.4 is 11.5 Å². The lowest BCUT2D eigenvalue weighted by molar-refractivity contribution is 1.21. The second-order valence-corrected chi connectivity index (χ2v) is 3.07. The van der Waals surface area contributed by atoms with Crippen LogP contribution in [0.3, 0.4) is 0 Å². The molecule has 0 atom stereocenters. The number of allylic oxidation sites excluding steroid dienone is 1. The minimum absolute atomic E-state index is 0.0428. The van der Waals surface area contributed by atoms with E-state index >= 15 is 0 Å². The van der Waals surface area contributed by atoms with Crippen LogP contribution in [-0.4, -0.2) is 12.2 Å². The molecule has 0 saturated carbocycles. The standard InChI is InChI=1S/C11H14N4/c1-9(8-14-15-11(12)13)7-10-5-3-2-4-6-10/h2-8H,1H3,(H4,12,13,15)/b9-7-,14-8?. The zero-order valence-corrected chi connectivity index (χ0v) is 8.59. The Labute approximate surface area is 89.0 Å². The normalized spacial score (nSPS) is 11.7. The monoisotopic (exact) mass is 202 g/mol. The summed E-state index contributed by atoms with van der Waals surface area (Å²) in [6, 6.07) is 9.95. The van der Waals surface area contributed by atoms with Crippen molar-refractivity contribution in [3.8, 4) is 0 Å². The van der Waals surface area contributed by atoms with Crippen LogP contribution in [0.2, 0.25) is 0 Å². The van der Waals surface area contributed by atoms with E-state index in [0.717, 1.165) is 11.1 Å². The summed E-state index contributed by atoms with van der Waals surface area (Å²) in [6.07, 6.45) is 3.60. The molecule has 78 valence electrons. The Morgan fingerprint density at radius 3 is 2.47 bits per heavy atom. The average molecular weight is 202 g/mol. The second-order valence-electron chi connectivity index (χ2n) is 3.07. The summed E-state index contributed by atoms with van der Waals surface area (Å²) in [6.45, 7) is 1.93. The fourth-order valence-electron chi connectivity index (χ4n) is 1.04. The summed E-state index contributed by atoms with van der Waals surface area (Å²) in [4.78, 5) is 0. The van der Waals surface area contributed by atoms with Gasteiger partial charge < -0.3 is 11.5 Å². The van der Waals surface area contributed by atoms with Crippen LogP contribution in [0.15, 0.2) is 46.1 Å². The van der Waals surface area contributed by atoms with E-state index in [1.54, 1.807) is 6.21 Å². The lowest BCUT2D eigenvalue weighted by Gasteiger charge is -1.93. The summed E-state index contributed by atoms with van der Waals surface area (Å²) in [5, 5.41) is 7.22. The molecule has 0 amide bonds. The maximum Gasteiger partial charge on any atom is 0.211 e. The molecule has 1 rings (SSSR count). The molecule has 0 heterocycles. The van der Waals surface area contributed by atoms with Gasteiger partial charge in [-0.05, 0) is 18.1 Å². The van der Waals surface area contributed by atoms with Crippen molar-refractivity contribution in [1.82, 2.24) is 0 Å². The van der Waals surface area contributed by atoms with E-state index < -0.39 is 0 Å². The molecule has 4 N–H and O–H groups in total. The van der Waals surface area contributed by atoms with E-state index in [1.165, 1.54) is 0 Å². The lowest BCUT2D eigenvalue weighted by Crippen LogP contribution is -2.21. The topological polar surface area (TPSA) is 76.8 Å². The number of nitrogens with zero attached hydrogens (tertiary/aromatic N) is 2. The molecule has 4 nitrogen and oxygen atoms in total. The van der Waals surface area contributed by atoms with Gasteiger partial charge in [0.05, 0.1) is 6.21 Å². The molecular weight excluding hydrogens is 188 g/mol. The molecule has 15 heavy (non-hydrogen) atoms. The van der Waals surface area contributed by atoms with Gasteiger partial charge >= 0.3 is 0 Å². The van der Waals surface area contributed by atoms with E-state index in [2.05, 4.69) is 10.2 Å². The van der Waals surface area contributed by atoms with Crippen LogP contribution in [0.4, 0.5) is 0 Å². The SMILES string of the molecule is C/C(C=NN=C(N)N)=C/c1ccccc1. The first-order valence-corrected chi connectivity index (χ1v) is 4.54. The highest BCUT2D eigenvalue weighted by atomic mass is 15.3. The molecule has 0 aliphatic heterocycles. The number of nitrogens with two attached hydrogens (primary N) is 2. The third kappa shape index (κ3) is 4.61. The van der Waals surface area contributed by atoms with Crippen molar-refractivity contribution in [2.45, 2.75) is 6.92 Å². The molecule has 1 aromatic carbocycles. The molecule has 1 aromatic rings. The summed E-state index contributed by atoms with van der Waals surface area (Å²) in [5.41, 5.74) is 12.3. The van der Waals surface area contributed by atoms with Gasteiger partial charge in [0.25, 0.3) is 0 Å². The Bertz CT molecular complexity index is 386. The highest BCUT2D eigenvalue weighted by molar-refractivity contribution is 5.85. The van der Waals surface area contributed by atoms with E-state index in [9.17, 15) is 0 Å². The summed E-state index contributed by atoms with van der Waals surface area (Å²) in [5.74, 6) is -0.0428. The van der Waals surface area contributed by atoms with Gasteiger partial charge in [0.1, 0.15) is 0 Å². The number of hydrogen-bond acceptors (Lipinski definition) is 2. The molecular formula is C11H14N4. The average Bonchev–Trinajstić information content (AvgIpc) is 2.18. The quantitative estimate of drug-likeness (QED) is 0.441. The van der Waals surface area contributed by atoms with Crippen LogP contribution in [0.1, 0.15) is 12.5 Å². The fourth-order valence-corrected chi connectivity index (χ4v) is 1.04. The highest BCUT2D eigenvalue weighted by Crippen LogP contribution is 2.04. The van der Waals surface area contributed by atoms with Crippen molar-refractivity contribution in [1.29, 1.82) is 0 Å². The molecule has 4 heteroatoms. The van der Waals surface area contributed by atoms with Crippen molar-refractivity contribution in [2.75, 3.05) is 0 Å². The molecule has 0 bridgehead atoms. The third-order valence-corrected chi connectivity index (χ3v) is 1.63. The number of guanidine groups is 1. The Hall–Kier alpha value is -2.10. The van der Waals surface area contributed by atoms with Gasteiger partial charge in [-0.15, -0.1) is 5.10 Å². The van der Waals surface area contributed by atoms with Crippen LogP contribution in [0.25, 0.3) is 6.08 Å². The largest absolute Gasteiger partial charge is 0.369 e. The molecule has 0 aromatic heterocycles. The molecule has 0 aliphatic rings. The van der Waals surface area contributed by atoms with Crippen molar-refractivity contribution >= 4 is 18.3 Å². The minimum atomic E-state index is -0.0428. The highest BCUT2D eigenvalue weighted by Gasteiger charge is 1.86. The van der Waals surface area contributed by atoms with Gasteiger partial charge in [0.15, 0.2) is 0 Å². The van der Waals surface area contributed by atoms with E-state index in [1.807, 2.05) is 43.3 Å². The zero-order chi connectivity index (χ0) is 11.1. The Morgan fingerprint density at radius 1 is 1.20 bits per heavy atom. The maximum atomic E-state index is 5.13. The van der Waals surface area contributed by atoms with Gasteiger partial charge in [-0.2, -0.15) is 5.10 Å². The van der Waals surface area contributed by atoms with Crippen LogP contribution in [-0.2, 0) is 0 Å². The zero-order valence-electron chi connectivity index (χ0n) is 8.59. The molecule has 0 spiro atoms. The smallest absolute Gasteiger partial charge is 0.211 e. The van der Waals surface area contributed by atoms with Crippen LogP contribution in [0.5, 0.6) is 0 Å². The predicted octanol–water partition coefficient (Wildman–Crippen LogP) is 1.35. The van der Waals surface area contributed by atoms with Crippen LogP contribution >= 0.6 is 0 Å². The van der Waals surface area contributed by atoms with Crippen molar-refractivity contribution in [3.05, 3.63) is 41.5 Å². The molecule has 0 saturated heterocycles. The van der Waals surface area contributed by atoms with Gasteiger partial charge in [0, 0.05) is 0 Å². The lowest BCUT2D eigenvalue weighted by atomic mass is 10.1. The first-order valence-electron chi connectivity index (χ1n) is 4.54. The molecule has 0 unspecified atom stereocenters. The van der Waals surface area contributed by atoms with Gasteiger partial charge in [-0.25, -0.2) is 0 Å². The first kappa shape index (κ1) is 11.0. The summed E-state index contributed by atoms with van der Waals surface area (Å²) in [7, 11) is 0. The van der Waals surface area contributed by atoms with Crippen molar-refractivity contribution in [2.24, 2.45) is 21.7 Å². The van der Waals surface area contributed by atoms with Crippen molar-refractivity contribution < 1.29 is 0 Å². The molecule has 0 fully saturated rings. The van der Waals surface area contributed by atoms with E-state index in [0.29, 0.717) is 0 Å². The van der Waals surface area contributed by atoms with Gasteiger partial charge in [-0.1, -0.05) is 36.4 Å². The third-order valence-electron chi connectivity index (χ3n) is 1.63. The Balaban J connectivity index is 2.69. The maximum absolute atomic E-state index is 5.13. The van der Waals surface area contributed by atoms with Gasteiger partial charge in [0.2, 0.25) is 5.96 Å². The summed E-state index contributed by atoms with van der Waals surface area (Å²) >= 11 is 0. The number of hydrogen-bond donors (Lipinski definition) is 2. The predicted molar refractivity (Wildman–Crippen MR) is 64.4 cm³/mol. The van der Waals surface area contributed by atoms with E-state index in [4.69, 9.17) is 11.5 Å². The Kier molecular flexibility index (Phi) is 4.09. The summed E-state index contributed by atoms with van der Waals surface area (Å²) < 4.78 is 0. The number of benzene rings is 1. The fraction of sp³-hybridized carbons (Fsp3) is 0.0909. The minimum Gasteiger partial charge on any atom is -0.369 e. The van der Waals surface area contributed by atoms with Gasteiger partial charge in [-0.3, -0.25) is 0 Å². The number of rotatable bonds is 3. The van der Waals surface area contributed by atoms with Crippen LogP contribution in [0, 0.1) is 0 Å². The van der Waals surface area contributed by atoms with E-state index in [-0.39, 0.29) is 5.96 Å². The Morgan fingerprint density at radius 2 is 1.87 bits per heavy atom.